The van der Waals surface area contributed by atoms with Gasteiger partial charge in [-0.2, -0.15) is 13.2 Å². The molecule has 118 valence electrons. The summed E-state index contributed by atoms with van der Waals surface area (Å²) >= 11 is 0. The molecular formula is C16H22F3NO. The Morgan fingerprint density at radius 3 is 2.48 bits per heavy atom. The lowest BCUT2D eigenvalue weighted by molar-refractivity contribution is -0.137. The molecule has 1 fully saturated rings. The maximum Gasteiger partial charge on any atom is 0.416 e. The Morgan fingerprint density at radius 1 is 1.24 bits per heavy atom. The van der Waals surface area contributed by atoms with Crippen molar-refractivity contribution in [2.24, 2.45) is 5.92 Å². The van der Waals surface area contributed by atoms with Gasteiger partial charge in [0.25, 0.3) is 0 Å². The van der Waals surface area contributed by atoms with Crippen molar-refractivity contribution in [1.82, 2.24) is 5.32 Å². The number of rotatable bonds is 4. The Kier molecular flexibility index (Phi) is 5.27. The fraction of sp³-hybridized carbons (Fsp3) is 0.625. The molecule has 0 aliphatic carbocycles. The van der Waals surface area contributed by atoms with Gasteiger partial charge in [-0.25, -0.2) is 0 Å². The van der Waals surface area contributed by atoms with Crippen molar-refractivity contribution in [3.8, 4) is 0 Å². The van der Waals surface area contributed by atoms with Crippen LogP contribution in [0.3, 0.4) is 0 Å². The van der Waals surface area contributed by atoms with Crippen molar-refractivity contribution in [3.05, 3.63) is 35.4 Å². The van der Waals surface area contributed by atoms with Gasteiger partial charge >= 0.3 is 6.18 Å². The van der Waals surface area contributed by atoms with E-state index in [2.05, 4.69) is 19.2 Å². The molecule has 1 aliphatic rings. The van der Waals surface area contributed by atoms with E-state index < -0.39 is 11.7 Å². The van der Waals surface area contributed by atoms with E-state index in [1.54, 1.807) is 12.1 Å². The van der Waals surface area contributed by atoms with E-state index in [0.29, 0.717) is 18.6 Å². The van der Waals surface area contributed by atoms with Crippen LogP contribution in [0.5, 0.6) is 0 Å². The highest BCUT2D eigenvalue weighted by Gasteiger charge is 2.32. The molecule has 0 saturated carbocycles. The average Bonchev–Trinajstić information content (AvgIpc) is 2.44. The minimum absolute atomic E-state index is 0.118. The highest BCUT2D eigenvalue weighted by Crippen LogP contribution is 2.35. The van der Waals surface area contributed by atoms with E-state index >= 15 is 0 Å². The quantitative estimate of drug-likeness (QED) is 0.901. The van der Waals surface area contributed by atoms with Crippen molar-refractivity contribution in [2.45, 2.75) is 45.0 Å². The summed E-state index contributed by atoms with van der Waals surface area (Å²) in [5.41, 5.74) is 0.220. The van der Waals surface area contributed by atoms with Gasteiger partial charge in [-0.15, -0.1) is 0 Å². The van der Waals surface area contributed by atoms with Crippen LogP contribution in [0.2, 0.25) is 0 Å². The van der Waals surface area contributed by atoms with Crippen molar-refractivity contribution in [3.63, 3.8) is 0 Å². The number of alkyl halides is 3. The summed E-state index contributed by atoms with van der Waals surface area (Å²) in [6.07, 6.45) is -2.37. The maximum absolute atomic E-state index is 12.6. The molecule has 2 rings (SSSR count). The Bertz CT molecular complexity index is 442. The van der Waals surface area contributed by atoms with Gasteiger partial charge in [-0.1, -0.05) is 26.0 Å². The zero-order chi connectivity index (χ0) is 15.5. The number of hydrogen-bond donors (Lipinski definition) is 1. The van der Waals surface area contributed by atoms with Crippen LogP contribution < -0.4 is 5.32 Å². The van der Waals surface area contributed by atoms with E-state index in [1.807, 2.05) is 0 Å². The molecule has 0 spiro atoms. The SMILES string of the molecule is CC(C)NCC1CCCOC1c1ccc(C(F)(F)F)cc1. The second-order valence-electron chi connectivity index (χ2n) is 5.88. The number of benzene rings is 1. The topological polar surface area (TPSA) is 21.3 Å². The van der Waals surface area contributed by atoms with E-state index in [0.717, 1.165) is 37.1 Å². The first-order valence-electron chi connectivity index (χ1n) is 7.40. The summed E-state index contributed by atoms with van der Waals surface area (Å²) in [7, 11) is 0. The van der Waals surface area contributed by atoms with Crippen LogP contribution in [-0.2, 0) is 10.9 Å². The van der Waals surface area contributed by atoms with E-state index in [1.165, 1.54) is 0 Å². The summed E-state index contributed by atoms with van der Waals surface area (Å²) in [6.45, 7) is 5.65. The predicted molar refractivity (Wildman–Crippen MR) is 76.0 cm³/mol. The zero-order valence-corrected chi connectivity index (χ0v) is 12.4. The molecule has 2 unspecified atom stereocenters. The van der Waals surface area contributed by atoms with Gasteiger partial charge < -0.3 is 10.1 Å². The largest absolute Gasteiger partial charge is 0.416 e. The Morgan fingerprint density at radius 2 is 1.90 bits per heavy atom. The molecule has 2 nitrogen and oxygen atoms in total. The third-order valence-electron chi connectivity index (χ3n) is 3.80. The Balaban J connectivity index is 2.10. The number of halogens is 3. The standard InChI is InChI=1S/C16H22F3NO/c1-11(2)20-10-13-4-3-9-21-15(13)12-5-7-14(8-6-12)16(17,18)19/h5-8,11,13,15,20H,3-4,9-10H2,1-2H3. The predicted octanol–water partition coefficient (Wildman–Crippen LogP) is 4.17. The zero-order valence-electron chi connectivity index (χ0n) is 12.4. The molecule has 0 radical (unpaired) electrons. The first-order valence-corrected chi connectivity index (χ1v) is 7.40. The van der Waals surface area contributed by atoms with Crippen LogP contribution in [0, 0.1) is 5.92 Å². The minimum atomic E-state index is -4.29. The third-order valence-corrected chi connectivity index (χ3v) is 3.80. The number of nitrogens with one attached hydrogen (secondary N) is 1. The Labute approximate surface area is 123 Å². The van der Waals surface area contributed by atoms with Crippen LogP contribution in [-0.4, -0.2) is 19.2 Å². The monoisotopic (exact) mass is 301 g/mol. The lowest BCUT2D eigenvalue weighted by Crippen LogP contribution is -2.35. The van der Waals surface area contributed by atoms with Gasteiger partial charge in [-0.3, -0.25) is 0 Å². The van der Waals surface area contributed by atoms with Gasteiger partial charge in [0.2, 0.25) is 0 Å². The second kappa shape index (κ2) is 6.79. The molecule has 5 heteroatoms. The molecule has 1 aliphatic heterocycles. The molecule has 0 amide bonds. The van der Waals surface area contributed by atoms with Crippen LogP contribution in [0.15, 0.2) is 24.3 Å². The molecule has 21 heavy (non-hydrogen) atoms. The van der Waals surface area contributed by atoms with Gasteiger partial charge in [-0.05, 0) is 30.5 Å². The van der Waals surface area contributed by atoms with Crippen LogP contribution in [0.25, 0.3) is 0 Å². The second-order valence-corrected chi connectivity index (χ2v) is 5.88. The van der Waals surface area contributed by atoms with E-state index in [-0.39, 0.29) is 6.10 Å². The summed E-state index contributed by atoms with van der Waals surface area (Å²) in [5, 5.41) is 3.39. The van der Waals surface area contributed by atoms with Gasteiger partial charge in [0.05, 0.1) is 11.7 Å². The first kappa shape index (κ1) is 16.3. The summed E-state index contributed by atoms with van der Waals surface area (Å²) in [4.78, 5) is 0. The normalized spacial score (nSPS) is 23.5. The van der Waals surface area contributed by atoms with Gasteiger partial charge in [0.1, 0.15) is 0 Å². The molecule has 1 aromatic rings. The van der Waals surface area contributed by atoms with Crippen molar-refractivity contribution < 1.29 is 17.9 Å². The minimum Gasteiger partial charge on any atom is -0.373 e. The third kappa shape index (κ3) is 4.45. The molecule has 0 aromatic heterocycles. The van der Waals surface area contributed by atoms with Gasteiger partial charge in [0, 0.05) is 25.1 Å². The lowest BCUT2D eigenvalue weighted by Gasteiger charge is -2.33. The number of hydrogen-bond acceptors (Lipinski definition) is 2. The van der Waals surface area contributed by atoms with Crippen molar-refractivity contribution in [2.75, 3.05) is 13.2 Å². The maximum atomic E-state index is 12.6. The molecule has 2 atom stereocenters. The lowest BCUT2D eigenvalue weighted by atomic mass is 9.89. The Hall–Kier alpha value is -1.07. The highest BCUT2D eigenvalue weighted by molar-refractivity contribution is 5.26. The summed E-state index contributed by atoms with van der Waals surface area (Å²) < 4.78 is 43.6. The van der Waals surface area contributed by atoms with Crippen molar-refractivity contribution in [1.29, 1.82) is 0 Å². The average molecular weight is 301 g/mol. The van der Waals surface area contributed by atoms with Crippen molar-refractivity contribution >= 4 is 0 Å². The van der Waals surface area contributed by atoms with E-state index in [9.17, 15) is 13.2 Å². The summed E-state index contributed by atoms with van der Waals surface area (Å²) in [5.74, 6) is 0.304. The first-order chi connectivity index (χ1) is 9.88. The smallest absolute Gasteiger partial charge is 0.373 e. The van der Waals surface area contributed by atoms with Crippen LogP contribution in [0.4, 0.5) is 13.2 Å². The molecule has 1 aromatic carbocycles. The molecule has 1 N–H and O–H groups in total. The van der Waals surface area contributed by atoms with E-state index in [4.69, 9.17) is 4.74 Å². The fourth-order valence-electron chi connectivity index (χ4n) is 2.67. The molecular weight excluding hydrogens is 279 g/mol. The summed E-state index contributed by atoms with van der Waals surface area (Å²) in [6, 6.07) is 5.75. The van der Waals surface area contributed by atoms with Crippen LogP contribution in [0.1, 0.15) is 43.9 Å². The fourth-order valence-corrected chi connectivity index (χ4v) is 2.67. The molecule has 1 saturated heterocycles. The molecule has 1 heterocycles. The molecule has 0 bridgehead atoms. The van der Waals surface area contributed by atoms with Gasteiger partial charge in [0.15, 0.2) is 0 Å². The highest BCUT2D eigenvalue weighted by atomic mass is 19.4. The number of ether oxygens (including phenoxy) is 1. The van der Waals surface area contributed by atoms with Crippen LogP contribution >= 0.6 is 0 Å².